The van der Waals surface area contributed by atoms with Gasteiger partial charge in [0.1, 0.15) is 0 Å². The third kappa shape index (κ3) is 2.75. The van der Waals surface area contributed by atoms with Crippen LogP contribution >= 0.6 is 0 Å². The summed E-state index contributed by atoms with van der Waals surface area (Å²) < 4.78 is 0. The highest BCUT2D eigenvalue weighted by Crippen LogP contribution is 2.16. The molecule has 2 N–H and O–H groups in total. The number of hydrogen-bond donors (Lipinski definition) is 1. The van der Waals surface area contributed by atoms with Crippen molar-refractivity contribution in [3.63, 3.8) is 0 Å². The zero-order valence-corrected chi connectivity index (χ0v) is 9.76. The number of nitrogens with zero attached hydrogens (tertiary/aromatic N) is 2. The van der Waals surface area contributed by atoms with E-state index in [-0.39, 0.29) is 0 Å². The molecular formula is C13H19N3. The van der Waals surface area contributed by atoms with Crippen LogP contribution in [0.1, 0.15) is 19.8 Å². The predicted octanol–water partition coefficient (Wildman–Crippen LogP) is 2.36. The van der Waals surface area contributed by atoms with Gasteiger partial charge in [-0.1, -0.05) is 25.1 Å². The van der Waals surface area contributed by atoms with Crippen LogP contribution in [-0.4, -0.2) is 23.9 Å². The van der Waals surface area contributed by atoms with E-state index in [9.17, 15) is 0 Å². The van der Waals surface area contributed by atoms with Crippen molar-refractivity contribution in [2.45, 2.75) is 19.8 Å². The number of para-hydroxylation sites is 1. The lowest BCUT2D eigenvalue weighted by molar-refractivity contribution is 0.271. The quantitative estimate of drug-likeness (QED) is 0.579. The fourth-order valence-corrected chi connectivity index (χ4v) is 2.10. The average Bonchev–Trinajstić information content (AvgIpc) is 2.30. The highest BCUT2D eigenvalue weighted by molar-refractivity contribution is 5.81. The summed E-state index contributed by atoms with van der Waals surface area (Å²) in [4.78, 5) is 6.62. The van der Waals surface area contributed by atoms with Crippen molar-refractivity contribution in [1.82, 2.24) is 4.90 Å². The molecule has 1 atom stereocenters. The Labute approximate surface area is 97.0 Å². The Morgan fingerprint density at radius 2 is 2.12 bits per heavy atom. The van der Waals surface area contributed by atoms with E-state index in [1.54, 1.807) is 0 Å². The number of guanidine groups is 1. The molecule has 3 nitrogen and oxygen atoms in total. The van der Waals surface area contributed by atoms with Crippen LogP contribution in [0.4, 0.5) is 5.69 Å². The van der Waals surface area contributed by atoms with Crippen molar-refractivity contribution in [3.8, 4) is 0 Å². The second kappa shape index (κ2) is 5.01. The van der Waals surface area contributed by atoms with Gasteiger partial charge in [-0.05, 0) is 30.9 Å². The minimum Gasteiger partial charge on any atom is -0.369 e. The second-order valence-corrected chi connectivity index (χ2v) is 4.50. The second-order valence-electron chi connectivity index (χ2n) is 4.50. The highest BCUT2D eigenvalue weighted by atomic mass is 15.3. The van der Waals surface area contributed by atoms with E-state index < -0.39 is 0 Å². The van der Waals surface area contributed by atoms with Gasteiger partial charge in [0, 0.05) is 13.1 Å². The van der Waals surface area contributed by atoms with Crippen LogP contribution in [0.25, 0.3) is 0 Å². The fourth-order valence-electron chi connectivity index (χ4n) is 2.10. The first-order chi connectivity index (χ1) is 7.75. The summed E-state index contributed by atoms with van der Waals surface area (Å²) >= 11 is 0. The maximum absolute atomic E-state index is 6.02. The van der Waals surface area contributed by atoms with Crippen molar-refractivity contribution < 1.29 is 0 Å². The largest absolute Gasteiger partial charge is 0.369 e. The normalized spacial score (nSPS) is 22.2. The number of rotatable bonds is 1. The van der Waals surface area contributed by atoms with Gasteiger partial charge in [0.15, 0.2) is 5.96 Å². The molecule has 0 amide bonds. The highest BCUT2D eigenvalue weighted by Gasteiger charge is 2.17. The van der Waals surface area contributed by atoms with Gasteiger partial charge in [-0.25, -0.2) is 4.99 Å². The maximum Gasteiger partial charge on any atom is 0.196 e. The van der Waals surface area contributed by atoms with E-state index in [4.69, 9.17) is 5.73 Å². The van der Waals surface area contributed by atoms with E-state index >= 15 is 0 Å². The van der Waals surface area contributed by atoms with Crippen LogP contribution in [0, 0.1) is 5.92 Å². The summed E-state index contributed by atoms with van der Waals surface area (Å²) in [5.74, 6) is 1.37. The van der Waals surface area contributed by atoms with Crippen LogP contribution in [0.3, 0.4) is 0 Å². The topological polar surface area (TPSA) is 41.6 Å². The number of hydrogen-bond acceptors (Lipinski definition) is 1. The first-order valence-corrected chi connectivity index (χ1v) is 5.90. The summed E-state index contributed by atoms with van der Waals surface area (Å²) in [5, 5.41) is 0. The molecule has 0 radical (unpaired) electrons. The Hall–Kier alpha value is -1.51. The molecule has 1 aliphatic rings. The van der Waals surface area contributed by atoms with Gasteiger partial charge in [-0.3, -0.25) is 0 Å². The van der Waals surface area contributed by atoms with E-state index in [1.165, 1.54) is 12.8 Å². The van der Waals surface area contributed by atoms with Crippen molar-refractivity contribution in [2.75, 3.05) is 13.1 Å². The van der Waals surface area contributed by atoms with E-state index in [0.717, 1.165) is 24.7 Å². The van der Waals surface area contributed by atoms with Crippen molar-refractivity contribution in [3.05, 3.63) is 30.3 Å². The van der Waals surface area contributed by atoms with Gasteiger partial charge in [0.05, 0.1) is 5.69 Å². The molecule has 2 rings (SSSR count). The summed E-state index contributed by atoms with van der Waals surface area (Å²) in [6, 6.07) is 9.88. The Bertz CT molecular complexity index is 359. The number of nitrogens with two attached hydrogens (primary N) is 1. The van der Waals surface area contributed by atoms with Gasteiger partial charge < -0.3 is 10.6 Å². The summed E-state index contributed by atoms with van der Waals surface area (Å²) in [5.41, 5.74) is 6.95. The summed E-state index contributed by atoms with van der Waals surface area (Å²) in [7, 11) is 0. The molecule has 3 heteroatoms. The molecule has 0 aromatic heterocycles. The number of aliphatic imine (C=N–C) groups is 1. The lowest BCUT2D eigenvalue weighted by Gasteiger charge is -2.31. The molecule has 1 aliphatic heterocycles. The molecule has 0 spiro atoms. The van der Waals surface area contributed by atoms with Crippen LogP contribution in [0.15, 0.2) is 35.3 Å². The third-order valence-electron chi connectivity index (χ3n) is 2.98. The molecule has 1 aromatic carbocycles. The van der Waals surface area contributed by atoms with Crippen LogP contribution < -0.4 is 5.73 Å². The maximum atomic E-state index is 6.02. The predicted molar refractivity (Wildman–Crippen MR) is 67.7 cm³/mol. The molecule has 1 heterocycles. The van der Waals surface area contributed by atoms with Crippen LogP contribution in [0.2, 0.25) is 0 Å². The Balaban J connectivity index is 2.06. The van der Waals surface area contributed by atoms with Gasteiger partial charge in [-0.15, -0.1) is 0 Å². The Morgan fingerprint density at radius 1 is 1.38 bits per heavy atom. The number of benzene rings is 1. The fraction of sp³-hybridized carbons (Fsp3) is 0.462. The lowest BCUT2D eigenvalue weighted by atomic mass is 10.0. The molecule has 1 fully saturated rings. The molecule has 1 unspecified atom stereocenters. The Kier molecular flexibility index (Phi) is 3.44. The molecule has 1 saturated heterocycles. The van der Waals surface area contributed by atoms with Gasteiger partial charge in [0.25, 0.3) is 0 Å². The molecule has 0 saturated carbocycles. The number of piperidine rings is 1. The monoisotopic (exact) mass is 217 g/mol. The van der Waals surface area contributed by atoms with Crippen molar-refractivity contribution in [2.24, 2.45) is 16.6 Å². The first kappa shape index (κ1) is 11.0. The number of likely N-dealkylation sites (tertiary alicyclic amines) is 1. The lowest BCUT2D eigenvalue weighted by Crippen LogP contribution is -2.43. The minimum atomic E-state index is 0.651. The third-order valence-corrected chi connectivity index (χ3v) is 2.98. The molecule has 16 heavy (non-hydrogen) atoms. The van der Waals surface area contributed by atoms with E-state index in [1.807, 2.05) is 30.3 Å². The smallest absolute Gasteiger partial charge is 0.196 e. The Morgan fingerprint density at radius 3 is 2.81 bits per heavy atom. The summed E-state index contributed by atoms with van der Waals surface area (Å²) in [6.07, 6.45) is 2.52. The van der Waals surface area contributed by atoms with Crippen molar-refractivity contribution in [1.29, 1.82) is 0 Å². The molecule has 86 valence electrons. The van der Waals surface area contributed by atoms with E-state index in [2.05, 4.69) is 16.8 Å². The minimum absolute atomic E-state index is 0.651. The van der Waals surface area contributed by atoms with E-state index in [0.29, 0.717) is 5.96 Å². The van der Waals surface area contributed by atoms with Gasteiger partial charge in [-0.2, -0.15) is 0 Å². The molecule has 0 bridgehead atoms. The zero-order chi connectivity index (χ0) is 11.4. The first-order valence-electron chi connectivity index (χ1n) is 5.90. The SMILES string of the molecule is CC1CCCN(C(N)=Nc2ccccc2)C1. The molecule has 0 aliphatic carbocycles. The van der Waals surface area contributed by atoms with Crippen LogP contribution in [0.5, 0.6) is 0 Å². The standard InChI is InChI=1S/C13H19N3/c1-11-6-5-9-16(10-11)13(14)15-12-7-3-2-4-8-12/h2-4,7-8,11H,5-6,9-10H2,1H3,(H2,14,15). The van der Waals surface area contributed by atoms with Crippen LogP contribution in [-0.2, 0) is 0 Å². The van der Waals surface area contributed by atoms with Gasteiger partial charge >= 0.3 is 0 Å². The van der Waals surface area contributed by atoms with Gasteiger partial charge in [0.2, 0.25) is 0 Å². The van der Waals surface area contributed by atoms with Crippen molar-refractivity contribution >= 4 is 11.6 Å². The molecule has 1 aromatic rings. The summed E-state index contributed by atoms with van der Waals surface area (Å²) in [6.45, 7) is 4.33. The average molecular weight is 217 g/mol. The molecular weight excluding hydrogens is 198 g/mol. The zero-order valence-electron chi connectivity index (χ0n) is 9.76.